The molecule has 1 aliphatic heterocycles. The Morgan fingerprint density at radius 1 is 1.50 bits per heavy atom. The maximum Gasteiger partial charge on any atom is 0.263 e. The predicted molar refractivity (Wildman–Crippen MR) is 94.7 cm³/mol. The van der Waals surface area contributed by atoms with Gasteiger partial charge in [0, 0.05) is 0 Å². The number of nitrogens with one attached hydrogen (secondary N) is 1. The number of ether oxygens (including phenoxy) is 2. The number of thioether (sulfide) groups is 1. The van der Waals surface area contributed by atoms with Gasteiger partial charge in [-0.3, -0.25) is 4.79 Å². The summed E-state index contributed by atoms with van der Waals surface area (Å²) in [5, 5.41) is 3.02. The molecule has 2 rings (SSSR count). The van der Waals surface area contributed by atoms with E-state index < -0.39 is 0 Å². The molecule has 1 atom stereocenters. The van der Waals surface area contributed by atoms with Gasteiger partial charge in [-0.1, -0.05) is 42.5 Å². The Kier molecular flexibility index (Phi) is 5.72. The highest BCUT2D eigenvalue weighted by molar-refractivity contribution is 8.26. The number of carbonyl (C=O) groups is 1. The molecule has 1 aromatic carbocycles. The molecule has 0 unspecified atom stereocenters. The Labute approximate surface area is 144 Å². The molecule has 22 heavy (non-hydrogen) atoms. The number of rotatable bonds is 5. The van der Waals surface area contributed by atoms with Gasteiger partial charge in [-0.15, -0.1) is 0 Å². The van der Waals surface area contributed by atoms with E-state index in [-0.39, 0.29) is 12.0 Å². The molecule has 0 aliphatic carbocycles. The second-order valence-corrected chi connectivity index (χ2v) is 6.85. The third kappa shape index (κ3) is 3.94. The SMILES string of the molecule is CC[C@@H](C)Oc1c(Cl)cc(/C=C2/SC(=S)NC2=O)cc1OC. The molecule has 1 N–H and O–H groups in total. The number of hydrogen-bond acceptors (Lipinski definition) is 5. The van der Waals surface area contributed by atoms with E-state index in [1.807, 2.05) is 13.8 Å². The van der Waals surface area contributed by atoms with Crippen molar-refractivity contribution in [2.24, 2.45) is 0 Å². The van der Waals surface area contributed by atoms with Crippen LogP contribution in [-0.4, -0.2) is 23.4 Å². The maximum atomic E-state index is 11.7. The summed E-state index contributed by atoms with van der Waals surface area (Å²) in [6.45, 7) is 3.99. The average molecular weight is 358 g/mol. The molecule has 1 amide bonds. The fourth-order valence-corrected chi connectivity index (χ4v) is 3.10. The number of hydrogen-bond donors (Lipinski definition) is 1. The highest BCUT2D eigenvalue weighted by Gasteiger charge is 2.22. The number of amides is 1. The smallest absolute Gasteiger partial charge is 0.263 e. The molecule has 1 heterocycles. The highest BCUT2D eigenvalue weighted by atomic mass is 35.5. The summed E-state index contributed by atoms with van der Waals surface area (Å²) in [5.41, 5.74) is 0.751. The summed E-state index contributed by atoms with van der Waals surface area (Å²) in [4.78, 5) is 12.2. The number of carbonyl (C=O) groups excluding carboxylic acids is 1. The minimum absolute atomic E-state index is 0.0316. The van der Waals surface area contributed by atoms with Gasteiger partial charge in [0.15, 0.2) is 11.5 Å². The van der Waals surface area contributed by atoms with Crippen molar-refractivity contribution in [1.29, 1.82) is 0 Å². The van der Waals surface area contributed by atoms with Crippen LogP contribution in [0.4, 0.5) is 0 Å². The first-order chi connectivity index (χ1) is 10.4. The van der Waals surface area contributed by atoms with Crippen LogP contribution in [-0.2, 0) is 4.79 Å². The van der Waals surface area contributed by atoms with Crippen molar-refractivity contribution in [1.82, 2.24) is 5.32 Å². The van der Waals surface area contributed by atoms with E-state index in [2.05, 4.69) is 5.32 Å². The van der Waals surface area contributed by atoms with Crippen LogP contribution in [0.15, 0.2) is 17.0 Å². The molecule has 0 aromatic heterocycles. The molecule has 7 heteroatoms. The molecule has 1 saturated heterocycles. The largest absolute Gasteiger partial charge is 0.493 e. The Morgan fingerprint density at radius 3 is 2.77 bits per heavy atom. The van der Waals surface area contributed by atoms with Crippen molar-refractivity contribution >= 4 is 51.9 Å². The van der Waals surface area contributed by atoms with E-state index >= 15 is 0 Å². The van der Waals surface area contributed by atoms with Gasteiger partial charge in [0.25, 0.3) is 5.91 Å². The lowest BCUT2D eigenvalue weighted by Gasteiger charge is -2.17. The van der Waals surface area contributed by atoms with Gasteiger partial charge in [-0.25, -0.2) is 0 Å². The van der Waals surface area contributed by atoms with Crippen LogP contribution in [0.1, 0.15) is 25.8 Å². The van der Waals surface area contributed by atoms with Gasteiger partial charge in [-0.05, 0) is 37.1 Å². The Morgan fingerprint density at radius 2 is 2.23 bits per heavy atom. The van der Waals surface area contributed by atoms with Gasteiger partial charge < -0.3 is 14.8 Å². The van der Waals surface area contributed by atoms with Crippen molar-refractivity contribution in [2.45, 2.75) is 26.4 Å². The monoisotopic (exact) mass is 357 g/mol. The third-order valence-corrected chi connectivity index (χ3v) is 4.53. The fourth-order valence-electron chi connectivity index (χ4n) is 1.79. The van der Waals surface area contributed by atoms with Crippen molar-refractivity contribution < 1.29 is 14.3 Å². The lowest BCUT2D eigenvalue weighted by atomic mass is 10.1. The van der Waals surface area contributed by atoms with E-state index in [4.69, 9.17) is 33.3 Å². The standard InChI is InChI=1S/C15H16ClNO3S2/c1-4-8(2)20-13-10(16)5-9(6-11(13)19-3)7-12-14(18)17-15(21)22-12/h5-8H,4H2,1-3H3,(H,17,18,21)/b12-7+/t8-/m1/s1. The summed E-state index contributed by atoms with van der Waals surface area (Å²) in [6.07, 6.45) is 2.62. The van der Waals surface area contributed by atoms with Crippen molar-refractivity contribution in [3.05, 3.63) is 27.6 Å². The summed E-state index contributed by atoms with van der Waals surface area (Å²) in [5.74, 6) is 0.843. The fraction of sp³-hybridized carbons (Fsp3) is 0.333. The first-order valence-electron chi connectivity index (χ1n) is 6.73. The molecule has 0 spiro atoms. The Hall–Kier alpha value is -1.24. The van der Waals surface area contributed by atoms with Crippen LogP contribution in [0, 0.1) is 0 Å². The normalized spacial score (nSPS) is 17.5. The van der Waals surface area contributed by atoms with Gasteiger partial charge >= 0.3 is 0 Å². The Balaban J connectivity index is 2.35. The van der Waals surface area contributed by atoms with Gasteiger partial charge in [0.2, 0.25) is 0 Å². The minimum atomic E-state index is -0.204. The number of methoxy groups -OCH3 is 1. The summed E-state index contributed by atoms with van der Waals surface area (Å²) < 4.78 is 11.6. The van der Waals surface area contributed by atoms with Gasteiger partial charge in [-0.2, -0.15) is 0 Å². The van der Waals surface area contributed by atoms with E-state index in [0.717, 1.165) is 12.0 Å². The molecule has 118 valence electrons. The quantitative estimate of drug-likeness (QED) is 0.637. The van der Waals surface area contributed by atoms with E-state index in [1.165, 1.54) is 11.8 Å². The topological polar surface area (TPSA) is 47.6 Å². The lowest BCUT2D eigenvalue weighted by molar-refractivity contribution is -0.115. The summed E-state index contributed by atoms with van der Waals surface area (Å²) >= 11 is 12.5. The van der Waals surface area contributed by atoms with E-state index in [1.54, 1.807) is 25.3 Å². The zero-order valence-electron chi connectivity index (χ0n) is 12.4. The van der Waals surface area contributed by atoms with Crippen molar-refractivity contribution in [2.75, 3.05) is 7.11 Å². The molecule has 0 radical (unpaired) electrons. The van der Waals surface area contributed by atoms with Crippen LogP contribution in [0.2, 0.25) is 5.02 Å². The van der Waals surface area contributed by atoms with Crippen molar-refractivity contribution in [3.8, 4) is 11.5 Å². The highest BCUT2D eigenvalue weighted by Crippen LogP contribution is 2.38. The first kappa shape index (κ1) is 17.1. The maximum absolute atomic E-state index is 11.7. The molecule has 0 saturated carbocycles. The van der Waals surface area contributed by atoms with E-state index in [0.29, 0.717) is 25.7 Å². The van der Waals surface area contributed by atoms with Gasteiger partial charge in [0.1, 0.15) is 4.32 Å². The van der Waals surface area contributed by atoms with Crippen LogP contribution >= 0.6 is 35.6 Å². The molecule has 0 bridgehead atoms. The first-order valence-corrected chi connectivity index (χ1v) is 8.34. The molecular formula is C15H16ClNO3S2. The van der Waals surface area contributed by atoms with Crippen molar-refractivity contribution in [3.63, 3.8) is 0 Å². The average Bonchev–Trinajstić information content (AvgIpc) is 2.79. The number of halogens is 1. The van der Waals surface area contributed by atoms with Crippen LogP contribution < -0.4 is 14.8 Å². The minimum Gasteiger partial charge on any atom is -0.493 e. The molecule has 1 aromatic rings. The number of benzene rings is 1. The van der Waals surface area contributed by atoms with Gasteiger partial charge in [0.05, 0.1) is 23.1 Å². The lowest BCUT2D eigenvalue weighted by Crippen LogP contribution is -2.17. The van der Waals surface area contributed by atoms with Crippen LogP contribution in [0.5, 0.6) is 11.5 Å². The predicted octanol–water partition coefficient (Wildman–Crippen LogP) is 4.01. The zero-order chi connectivity index (χ0) is 16.3. The van der Waals surface area contributed by atoms with E-state index in [9.17, 15) is 4.79 Å². The summed E-state index contributed by atoms with van der Waals surface area (Å²) in [7, 11) is 1.55. The zero-order valence-corrected chi connectivity index (χ0v) is 14.8. The van der Waals surface area contributed by atoms with Crippen LogP contribution in [0.3, 0.4) is 0 Å². The van der Waals surface area contributed by atoms with Crippen LogP contribution in [0.25, 0.3) is 6.08 Å². The molecule has 1 fully saturated rings. The number of thiocarbonyl (C=S) groups is 1. The third-order valence-electron chi connectivity index (χ3n) is 3.09. The molecular weight excluding hydrogens is 342 g/mol. The Bertz CT molecular complexity index is 646. The second-order valence-electron chi connectivity index (χ2n) is 4.72. The summed E-state index contributed by atoms with van der Waals surface area (Å²) in [6, 6.07) is 3.52. The second kappa shape index (κ2) is 7.35. The molecule has 4 nitrogen and oxygen atoms in total. The molecule has 1 aliphatic rings.